The molecule has 0 aromatic rings. The van der Waals surface area contributed by atoms with E-state index in [9.17, 15) is 4.79 Å². The number of ether oxygens (including phenoxy) is 1. The molecule has 1 aliphatic rings. The van der Waals surface area contributed by atoms with Crippen LogP contribution in [0.15, 0.2) is 0 Å². The van der Waals surface area contributed by atoms with E-state index < -0.39 is 0 Å². The lowest BCUT2D eigenvalue weighted by molar-refractivity contribution is -0.119. The van der Waals surface area contributed by atoms with Gasteiger partial charge in [-0.2, -0.15) is 0 Å². The zero-order valence-electron chi connectivity index (χ0n) is 13.5. The van der Waals surface area contributed by atoms with Crippen molar-refractivity contribution in [2.45, 2.75) is 103 Å². The number of hydrogen-bond donors (Lipinski definition) is 0. The van der Waals surface area contributed by atoms with E-state index in [2.05, 4.69) is 6.92 Å². The summed E-state index contributed by atoms with van der Waals surface area (Å²) in [5, 5.41) is 0. The summed E-state index contributed by atoms with van der Waals surface area (Å²) in [4.78, 5) is 11.8. The van der Waals surface area contributed by atoms with Crippen LogP contribution < -0.4 is 0 Å². The molecule has 1 fully saturated rings. The fourth-order valence-electron chi connectivity index (χ4n) is 2.95. The Balaban J connectivity index is 1.79. The third kappa shape index (κ3) is 9.52. The zero-order valence-corrected chi connectivity index (χ0v) is 13.5. The van der Waals surface area contributed by atoms with Gasteiger partial charge < -0.3 is 4.74 Å². The summed E-state index contributed by atoms with van der Waals surface area (Å²) in [5.41, 5.74) is 0. The van der Waals surface area contributed by atoms with Crippen LogP contribution >= 0.6 is 0 Å². The number of Topliss-reactive ketones (excluding diaryl/α,β-unsaturated/α-hetero) is 1. The second kappa shape index (κ2) is 12.4. The van der Waals surface area contributed by atoms with Crippen molar-refractivity contribution in [3.8, 4) is 0 Å². The standard InChI is InChI=1S/C18H34O2/c1-2-3-4-5-6-7-8-9-10-12-17(19)14-15-18-13-11-16-20-18/h18H,2-16H2,1H3. The van der Waals surface area contributed by atoms with Gasteiger partial charge in [0.2, 0.25) is 0 Å². The van der Waals surface area contributed by atoms with Gasteiger partial charge in [-0.1, -0.05) is 58.3 Å². The maximum absolute atomic E-state index is 11.8. The highest BCUT2D eigenvalue weighted by molar-refractivity contribution is 5.78. The number of unbranched alkanes of at least 4 members (excludes halogenated alkanes) is 8. The van der Waals surface area contributed by atoms with E-state index >= 15 is 0 Å². The molecule has 0 N–H and O–H groups in total. The van der Waals surface area contributed by atoms with Gasteiger partial charge in [-0.05, 0) is 25.7 Å². The molecule has 1 unspecified atom stereocenters. The van der Waals surface area contributed by atoms with Crippen LogP contribution in [0.1, 0.15) is 96.8 Å². The molecular formula is C18H34O2. The van der Waals surface area contributed by atoms with E-state index in [1.54, 1.807) is 0 Å². The van der Waals surface area contributed by atoms with Gasteiger partial charge in [-0.15, -0.1) is 0 Å². The van der Waals surface area contributed by atoms with Crippen molar-refractivity contribution in [1.29, 1.82) is 0 Å². The van der Waals surface area contributed by atoms with Crippen molar-refractivity contribution in [3.63, 3.8) is 0 Å². The molecule has 0 spiro atoms. The Morgan fingerprint density at radius 3 is 2.20 bits per heavy atom. The van der Waals surface area contributed by atoms with Gasteiger partial charge in [0.25, 0.3) is 0 Å². The van der Waals surface area contributed by atoms with Crippen molar-refractivity contribution in [2.24, 2.45) is 0 Å². The number of carbonyl (C=O) groups excluding carboxylic acids is 1. The van der Waals surface area contributed by atoms with Crippen molar-refractivity contribution in [2.75, 3.05) is 6.61 Å². The van der Waals surface area contributed by atoms with E-state index in [0.29, 0.717) is 11.9 Å². The lowest BCUT2D eigenvalue weighted by Gasteiger charge is -2.08. The molecule has 1 aliphatic heterocycles. The molecule has 0 saturated carbocycles. The van der Waals surface area contributed by atoms with Crippen LogP contribution in [0, 0.1) is 0 Å². The highest BCUT2D eigenvalue weighted by Crippen LogP contribution is 2.18. The third-order valence-corrected chi connectivity index (χ3v) is 4.33. The average Bonchev–Trinajstić information content (AvgIpc) is 2.96. The first-order chi connectivity index (χ1) is 9.83. The number of carbonyl (C=O) groups is 1. The predicted molar refractivity (Wildman–Crippen MR) is 85.1 cm³/mol. The minimum atomic E-state index is 0.377. The molecule has 1 atom stereocenters. The lowest BCUT2D eigenvalue weighted by atomic mass is 10.0. The van der Waals surface area contributed by atoms with Gasteiger partial charge >= 0.3 is 0 Å². The average molecular weight is 282 g/mol. The topological polar surface area (TPSA) is 26.3 Å². The second-order valence-electron chi connectivity index (χ2n) is 6.29. The maximum Gasteiger partial charge on any atom is 0.133 e. The first-order valence-corrected chi connectivity index (χ1v) is 8.96. The largest absolute Gasteiger partial charge is 0.378 e. The first-order valence-electron chi connectivity index (χ1n) is 8.96. The van der Waals surface area contributed by atoms with Crippen LogP contribution in [0.3, 0.4) is 0 Å². The summed E-state index contributed by atoms with van der Waals surface area (Å²) in [7, 11) is 0. The molecule has 0 bridgehead atoms. The van der Waals surface area contributed by atoms with Crippen molar-refractivity contribution in [3.05, 3.63) is 0 Å². The van der Waals surface area contributed by atoms with Crippen LogP contribution in [0.25, 0.3) is 0 Å². The molecule has 118 valence electrons. The third-order valence-electron chi connectivity index (χ3n) is 4.33. The summed E-state index contributed by atoms with van der Waals surface area (Å²) >= 11 is 0. The Morgan fingerprint density at radius 1 is 0.950 bits per heavy atom. The fourth-order valence-corrected chi connectivity index (χ4v) is 2.95. The minimum Gasteiger partial charge on any atom is -0.378 e. The fraction of sp³-hybridized carbons (Fsp3) is 0.944. The highest BCUT2D eigenvalue weighted by atomic mass is 16.5. The van der Waals surface area contributed by atoms with E-state index in [4.69, 9.17) is 4.74 Å². The van der Waals surface area contributed by atoms with E-state index in [-0.39, 0.29) is 0 Å². The molecule has 0 aromatic heterocycles. The Morgan fingerprint density at radius 2 is 1.60 bits per heavy atom. The van der Waals surface area contributed by atoms with Gasteiger partial charge in [0.05, 0.1) is 6.10 Å². The van der Waals surface area contributed by atoms with Crippen LogP contribution in [0.5, 0.6) is 0 Å². The molecular weight excluding hydrogens is 248 g/mol. The van der Waals surface area contributed by atoms with Gasteiger partial charge in [0.15, 0.2) is 0 Å². The van der Waals surface area contributed by atoms with Crippen molar-refractivity contribution in [1.82, 2.24) is 0 Å². The summed E-state index contributed by atoms with van der Waals surface area (Å²) in [5.74, 6) is 0.448. The molecule has 2 nitrogen and oxygen atoms in total. The summed E-state index contributed by atoms with van der Waals surface area (Å²) in [6, 6.07) is 0. The molecule has 1 saturated heterocycles. The van der Waals surface area contributed by atoms with Crippen LogP contribution in [-0.2, 0) is 9.53 Å². The highest BCUT2D eigenvalue weighted by Gasteiger charge is 2.16. The van der Waals surface area contributed by atoms with Crippen LogP contribution in [0.4, 0.5) is 0 Å². The van der Waals surface area contributed by atoms with Gasteiger partial charge in [0, 0.05) is 19.4 Å². The zero-order chi connectivity index (χ0) is 14.5. The molecule has 0 aromatic carbocycles. The molecule has 0 aliphatic carbocycles. The quantitative estimate of drug-likeness (QED) is 0.421. The molecule has 2 heteroatoms. The Kier molecular flexibility index (Phi) is 10.9. The number of ketones is 1. The van der Waals surface area contributed by atoms with Crippen molar-refractivity contribution < 1.29 is 9.53 Å². The molecule has 20 heavy (non-hydrogen) atoms. The summed E-state index contributed by atoms with van der Waals surface area (Å²) < 4.78 is 5.55. The maximum atomic E-state index is 11.8. The summed E-state index contributed by atoms with van der Waals surface area (Å²) in [6.45, 7) is 3.16. The molecule has 1 rings (SSSR count). The molecule has 0 radical (unpaired) electrons. The number of rotatable bonds is 13. The predicted octanol–water partition coefficient (Wildman–Crippen LogP) is 5.44. The minimum absolute atomic E-state index is 0.377. The Labute approximate surface area is 125 Å². The first kappa shape index (κ1) is 17.7. The number of hydrogen-bond acceptors (Lipinski definition) is 2. The molecule has 1 heterocycles. The van der Waals surface area contributed by atoms with Crippen molar-refractivity contribution >= 4 is 5.78 Å². The normalized spacial score (nSPS) is 18.6. The lowest BCUT2D eigenvalue weighted by Crippen LogP contribution is -2.08. The SMILES string of the molecule is CCCCCCCCCCCC(=O)CCC1CCCO1. The van der Waals surface area contributed by atoms with Gasteiger partial charge in [0.1, 0.15) is 5.78 Å². The van der Waals surface area contributed by atoms with E-state index in [1.807, 2.05) is 0 Å². The Hall–Kier alpha value is -0.370. The molecule has 0 amide bonds. The van der Waals surface area contributed by atoms with Crippen LogP contribution in [0.2, 0.25) is 0 Å². The van der Waals surface area contributed by atoms with Gasteiger partial charge in [-0.25, -0.2) is 0 Å². The monoisotopic (exact) mass is 282 g/mol. The Bertz CT molecular complexity index is 232. The van der Waals surface area contributed by atoms with E-state index in [0.717, 1.165) is 38.7 Å². The van der Waals surface area contributed by atoms with E-state index in [1.165, 1.54) is 57.8 Å². The smallest absolute Gasteiger partial charge is 0.133 e. The van der Waals surface area contributed by atoms with Crippen LogP contribution in [-0.4, -0.2) is 18.5 Å². The second-order valence-corrected chi connectivity index (χ2v) is 6.29. The summed E-state index contributed by atoms with van der Waals surface area (Å²) in [6.07, 6.45) is 17.1. The van der Waals surface area contributed by atoms with Gasteiger partial charge in [-0.3, -0.25) is 4.79 Å².